The molecule has 1 N–H and O–H groups in total. The molecule has 5 heteroatoms. The summed E-state index contributed by atoms with van der Waals surface area (Å²) in [7, 11) is 0. The van der Waals surface area contributed by atoms with Gasteiger partial charge in [-0.2, -0.15) is 5.10 Å². The van der Waals surface area contributed by atoms with E-state index < -0.39 is 5.97 Å². The minimum Gasteiger partial charge on any atom is -0.476 e. The van der Waals surface area contributed by atoms with Crippen LogP contribution in [0.1, 0.15) is 30.4 Å². The van der Waals surface area contributed by atoms with Crippen LogP contribution < -0.4 is 0 Å². The first-order valence-electron chi connectivity index (χ1n) is 3.50. The molecule has 0 amide bonds. The van der Waals surface area contributed by atoms with Crippen molar-refractivity contribution in [3.05, 3.63) is 16.9 Å². The minimum absolute atomic E-state index is 0.0923. The number of carboxylic acid groups (broad SMARTS) is 1. The number of carboxylic acids is 1. The molecule has 0 saturated heterocycles. The number of nitrogens with zero attached hydrogens (tertiary/aromatic N) is 2. The van der Waals surface area contributed by atoms with Crippen molar-refractivity contribution in [2.45, 2.75) is 19.9 Å². The quantitative estimate of drug-likeness (QED) is 0.770. The average Bonchev–Trinajstić information content (AvgIpc) is 2.30. The average molecular weight is 189 g/mol. The van der Waals surface area contributed by atoms with E-state index in [0.717, 1.165) is 0 Å². The molecule has 4 nitrogen and oxygen atoms in total. The third-order valence-corrected chi connectivity index (χ3v) is 1.70. The Morgan fingerprint density at radius 1 is 1.75 bits per heavy atom. The van der Waals surface area contributed by atoms with Crippen molar-refractivity contribution < 1.29 is 9.90 Å². The maximum atomic E-state index is 10.5. The molecule has 0 fully saturated rings. The zero-order chi connectivity index (χ0) is 9.30. The molecule has 0 atom stereocenters. The van der Waals surface area contributed by atoms with Crippen molar-refractivity contribution >= 4 is 17.6 Å². The van der Waals surface area contributed by atoms with E-state index in [1.807, 2.05) is 13.8 Å². The van der Waals surface area contributed by atoms with Crippen molar-refractivity contribution in [2.24, 2.45) is 0 Å². The first-order valence-corrected chi connectivity index (χ1v) is 3.88. The van der Waals surface area contributed by atoms with Gasteiger partial charge in [-0.3, -0.25) is 4.68 Å². The molecule has 0 bridgehead atoms. The Bertz CT molecular complexity index is 306. The van der Waals surface area contributed by atoms with E-state index >= 15 is 0 Å². The fourth-order valence-corrected chi connectivity index (χ4v) is 0.997. The maximum Gasteiger partial charge on any atom is 0.357 e. The monoisotopic (exact) mass is 188 g/mol. The molecule has 0 radical (unpaired) electrons. The van der Waals surface area contributed by atoms with Crippen molar-refractivity contribution in [1.82, 2.24) is 9.78 Å². The highest BCUT2D eigenvalue weighted by Crippen LogP contribution is 2.16. The number of halogens is 1. The van der Waals surface area contributed by atoms with Crippen molar-refractivity contribution in [2.75, 3.05) is 0 Å². The Labute approximate surface area is 74.8 Å². The molecule has 0 aliphatic heterocycles. The summed E-state index contributed by atoms with van der Waals surface area (Å²) in [5.74, 6) is -1.10. The van der Waals surface area contributed by atoms with Crippen LogP contribution in [0.4, 0.5) is 0 Å². The summed E-state index contributed by atoms with van der Waals surface area (Å²) in [5.41, 5.74) is -0.0923. The largest absolute Gasteiger partial charge is 0.476 e. The van der Waals surface area contributed by atoms with Gasteiger partial charge in [-0.1, -0.05) is 11.6 Å². The predicted molar refractivity (Wildman–Crippen MR) is 44.6 cm³/mol. The van der Waals surface area contributed by atoms with E-state index in [9.17, 15) is 4.79 Å². The predicted octanol–water partition coefficient (Wildman–Crippen LogP) is 1.82. The van der Waals surface area contributed by atoms with Crippen LogP contribution in [-0.2, 0) is 0 Å². The Morgan fingerprint density at radius 2 is 2.33 bits per heavy atom. The summed E-state index contributed by atoms with van der Waals surface area (Å²) in [6.45, 7) is 3.80. The maximum absolute atomic E-state index is 10.5. The molecule has 1 heterocycles. The normalized spacial score (nSPS) is 10.7. The third kappa shape index (κ3) is 1.58. The first kappa shape index (κ1) is 9.06. The van der Waals surface area contributed by atoms with Crippen LogP contribution in [0.3, 0.4) is 0 Å². The molecule has 0 aliphatic rings. The van der Waals surface area contributed by atoms with Crippen LogP contribution in [0.15, 0.2) is 6.20 Å². The molecule has 12 heavy (non-hydrogen) atoms. The fourth-order valence-electron chi connectivity index (χ4n) is 0.779. The zero-order valence-corrected chi connectivity index (χ0v) is 7.54. The summed E-state index contributed by atoms with van der Waals surface area (Å²) in [4.78, 5) is 10.5. The lowest BCUT2D eigenvalue weighted by Crippen LogP contribution is -2.04. The van der Waals surface area contributed by atoms with Crippen LogP contribution in [0.5, 0.6) is 0 Å². The van der Waals surface area contributed by atoms with E-state index in [0.29, 0.717) is 0 Å². The van der Waals surface area contributed by atoms with Gasteiger partial charge in [0.2, 0.25) is 0 Å². The van der Waals surface area contributed by atoms with Crippen LogP contribution in [0, 0.1) is 0 Å². The molecule has 0 aromatic carbocycles. The molecule has 0 aliphatic carbocycles. The number of aromatic nitrogens is 2. The lowest BCUT2D eigenvalue weighted by atomic mass is 10.4. The Balaban J connectivity index is 3.09. The Hall–Kier alpha value is -1.03. The van der Waals surface area contributed by atoms with Crippen molar-refractivity contribution in [1.29, 1.82) is 0 Å². The second kappa shape index (κ2) is 3.15. The molecule has 0 unspecified atom stereocenters. The number of hydrogen-bond donors (Lipinski definition) is 1. The second-order valence-corrected chi connectivity index (χ2v) is 3.11. The smallest absolute Gasteiger partial charge is 0.357 e. The van der Waals surface area contributed by atoms with Crippen LogP contribution in [0.2, 0.25) is 5.02 Å². The third-order valence-electron chi connectivity index (χ3n) is 1.42. The van der Waals surface area contributed by atoms with Gasteiger partial charge < -0.3 is 5.11 Å². The van der Waals surface area contributed by atoms with Crippen molar-refractivity contribution in [3.63, 3.8) is 0 Å². The summed E-state index contributed by atoms with van der Waals surface area (Å²) < 4.78 is 1.52. The molecule has 0 saturated carbocycles. The molecule has 1 aromatic rings. The van der Waals surface area contributed by atoms with Gasteiger partial charge in [0.15, 0.2) is 5.69 Å². The number of carbonyl (C=O) groups is 1. The lowest BCUT2D eigenvalue weighted by molar-refractivity contribution is 0.0689. The van der Waals surface area contributed by atoms with E-state index in [-0.39, 0.29) is 16.8 Å². The van der Waals surface area contributed by atoms with Gasteiger partial charge in [-0.15, -0.1) is 0 Å². The van der Waals surface area contributed by atoms with Crippen LogP contribution >= 0.6 is 11.6 Å². The topological polar surface area (TPSA) is 55.1 Å². The Kier molecular flexibility index (Phi) is 2.38. The van der Waals surface area contributed by atoms with Gasteiger partial charge in [0.25, 0.3) is 0 Å². The van der Waals surface area contributed by atoms with E-state index in [4.69, 9.17) is 16.7 Å². The number of hydrogen-bond acceptors (Lipinski definition) is 2. The Morgan fingerprint density at radius 3 is 2.58 bits per heavy atom. The van der Waals surface area contributed by atoms with Gasteiger partial charge in [-0.05, 0) is 13.8 Å². The zero-order valence-electron chi connectivity index (χ0n) is 6.78. The number of rotatable bonds is 2. The number of aromatic carboxylic acids is 1. The first-order chi connectivity index (χ1) is 5.52. The molecular formula is C7H9ClN2O2. The lowest BCUT2D eigenvalue weighted by Gasteiger charge is -2.02. The summed E-state index contributed by atoms with van der Waals surface area (Å²) in [5, 5.41) is 12.6. The van der Waals surface area contributed by atoms with E-state index in [1.165, 1.54) is 10.9 Å². The molecule has 1 aromatic heterocycles. The highest BCUT2D eigenvalue weighted by molar-refractivity contribution is 6.33. The molecular weight excluding hydrogens is 180 g/mol. The van der Waals surface area contributed by atoms with Crippen molar-refractivity contribution in [3.8, 4) is 0 Å². The molecule has 66 valence electrons. The van der Waals surface area contributed by atoms with Gasteiger partial charge in [0.1, 0.15) is 0 Å². The van der Waals surface area contributed by atoms with Gasteiger partial charge >= 0.3 is 5.97 Å². The SMILES string of the molecule is CC(C)n1cc(Cl)c(C(=O)O)n1. The minimum atomic E-state index is -1.10. The molecule has 1 rings (SSSR count). The van der Waals surface area contributed by atoms with E-state index in [2.05, 4.69) is 5.10 Å². The standard InChI is InChI=1S/C7H9ClN2O2/c1-4(2)10-3-5(8)6(9-10)7(11)12/h3-4H,1-2H3,(H,11,12). The molecule has 0 spiro atoms. The highest BCUT2D eigenvalue weighted by atomic mass is 35.5. The highest BCUT2D eigenvalue weighted by Gasteiger charge is 2.14. The summed E-state index contributed by atoms with van der Waals surface area (Å²) in [6.07, 6.45) is 1.51. The fraction of sp³-hybridized carbons (Fsp3) is 0.429. The summed E-state index contributed by atoms with van der Waals surface area (Å²) >= 11 is 5.62. The van der Waals surface area contributed by atoms with Crippen LogP contribution in [-0.4, -0.2) is 20.9 Å². The summed E-state index contributed by atoms with van der Waals surface area (Å²) in [6, 6.07) is 0.121. The second-order valence-electron chi connectivity index (χ2n) is 2.70. The van der Waals surface area contributed by atoms with Gasteiger partial charge in [0.05, 0.1) is 5.02 Å². The van der Waals surface area contributed by atoms with Gasteiger partial charge in [-0.25, -0.2) is 4.79 Å². The van der Waals surface area contributed by atoms with Crippen LogP contribution in [0.25, 0.3) is 0 Å². The van der Waals surface area contributed by atoms with Gasteiger partial charge in [0, 0.05) is 12.2 Å². The van der Waals surface area contributed by atoms with E-state index in [1.54, 1.807) is 0 Å².